The lowest BCUT2D eigenvalue weighted by Gasteiger charge is -2.38. The summed E-state index contributed by atoms with van der Waals surface area (Å²) in [6, 6.07) is 10.6. The van der Waals surface area contributed by atoms with Crippen LogP contribution in [0.25, 0.3) is 0 Å². The van der Waals surface area contributed by atoms with Crippen molar-refractivity contribution in [1.29, 1.82) is 0 Å². The second-order valence-electron chi connectivity index (χ2n) is 5.76. The zero-order valence-corrected chi connectivity index (χ0v) is 12.3. The van der Waals surface area contributed by atoms with Crippen LogP contribution in [0.5, 0.6) is 0 Å². The predicted octanol–water partition coefficient (Wildman–Crippen LogP) is 1.55. The monoisotopic (exact) mass is 278 g/mol. The maximum absolute atomic E-state index is 10.7. The first-order valence-electron chi connectivity index (χ1n) is 7.40. The Morgan fingerprint density at radius 1 is 1.30 bits per heavy atom. The van der Waals surface area contributed by atoms with Gasteiger partial charge in [-0.15, -0.1) is 0 Å². The fourth-order valence-corrected chi connectivity index (χ4v) is 2.96. The highest BCUT2D eigenvalue weighted by molar-refractivity contribution is 5.19. The summed E-state index contributed by atoms with van der Waals surface area (Å²) in [5, 5.41) is 10.7. The molecule has 20 heavy (non-hydrogen) atoms. The van der Waals surface area contributed by atoms with Crippen molar-refractivity contribution in [2.45, 2.75) is 30.9 Å². The molecule has 1 atom stereocenters. The van der Waals surface area contributed by atoms with Crippen LogP contribution in [0.4, 0.5) is 0 Å². The molecular weight excluding hydrogens is 252 g/mol. The van der Waals surface area contributed by atoms with Crippen molar-refractivity contribution >= 4 is 0 Å². The molecule has 1 saturated heterocycles. The number of benzene rings is 1. The lowest BCUT2D eigenvalue weighted by Crippen LogP contribution is -2.46. The van der Waals surface area contributed by atoms with Crippen molar-refractivity contribution in [2.75, 3.05) is 33.4 Å². The largest absolute Gasteiger partial charge is 0.388 e. The van der Waals surface area contributed by atoms with Gasteiger partial charge in [0.15, 0.2) is 0 Å². The molecule has 1 unspecified atom stereocenters. The summed E-state index contributed by atoms with van der Waals surface area (Å²) in [7, 11) is 2.07. The summed E-state index contributed by atoms with van der Waals surface area (Å²) >= 11 is 0. The molecule has 1 fully saturated rings. The van der Waals surface area contributed by atoms with Crippen LogP contribution < -0.4 is 5.73 Å². The van der Waals surface area contributed by atoms with E-state index in [2.05, 4.69) is 36.2 Å². The Bertz CT molecular complexity index is 391. The summed E-state index contributed by atoms with van der Waals surface area (Å²) in [5.74, 6) is 0. The standard InChI is InChI=1S/C16H26N2O2/c1-18(13-16(19)8-11-20-12-9-16)15(7-10-17)14-5-3-2-4-6-14/h2-6,15,19H,7-13,17H2,1H3. The SMILES string of the molecule is CN(CC1(O)CCOCC1)C(CCN)c1ccccc1. The predicted molar refractivity (Wildman–Crippen MR) is 80.5 cm³/mol. The minimum absolute atomic E-state index is 0.257. The molecule has 1 aromatic rings. The molecule has 1 heterocycles. The molecule has 0 aromatic heterocycles. The van der Waals surface area contributed by atoms with Crippen molar-refractivity contribution < 1.29 is 9.84 Å². The molecule has 0 radical (unpaired) electrons. The van der Waals surface area contributed by atoms with Gasteiger partial charge in [-0.3, -0.25) is 4.90 Å². The van der Waals surface area contributed by atoms with E-state index in [-0.39, 0.29) is 6.04 Å². The lowest BCUT2D eigenvalue weighted by molar-refractivity contribution is -0.0819. The molecule has 4 heteroatoms. The Morgan fingerprint density at radius 3 is 2.55 bits per heavy atom. The first-order chi connectivity index (χ1) is 9.64. The van der Waals surface area contributed by atoms with Crippen LogP contribution in [0, 0.1) is 0 Å². The van der Waals surface area contributed by atoms with Gasteiger partial charge in [0.2, 0.25) is 0 Å². The van der Waals surface area contributed by atoms with Gasteiger partial charge in [-0.25, -0.2) is 0 Å². The number of aliphatic hydroxyl groups is 1. The van der Waals surface area contributed by atoms with Crippen molar-refractivity contribution in [2.24, 2.45) is 5.73 Å². The van der Waals surface area contributed by atoms with Gasteiger partial charge < -0.3 is 15.6 Å². The minimum atomic E-state index is -0.630. The summed E-state index contributed by atoms with van der Waals surface area (Å²) in [5.41, 5.74) is 6.39. The van der Waals surface area contributed by atoms with E-state index in [1.54, 1.807) is 0 Å². The number of likely N-dealkylation sites (N-methyl/N-ethyl adjacent to an activating group) is 1. The van der Waals surface area contributed by atoms with Crippen LogP contribution >= 0.6 is 0 Å². The lowest BCUT2D eigenvalue weighted by atomic mass is 9.92. The average Bonchev–Trinajstić information content (AvgIpc) is 2.46. The van der Waals surface area contributed by atoms with Gasteiger partial charge in [0, 0.05) is 38.6 Å². The minimum Gasteiger partial charge on any atom is -0.388 e. The summed E-state index contributed by atoms with van der Waals surface area (Å²) in [4.78, 5) is 2.23. The van der Waals surface area contributed by atoms with E-state index in [0.717, 1.165) is 6.42 Å². The van der Waals surface area contributed by atoms with Crippen molar-refractivity contribution in [3.8, 4) is 0 Å². The van der Waals surface area contributed by atoms with E-state index < -0.39 is 5.60 Å². The van der Waals surface area contributed by atoms with Gasteiger partial charge in [0.25, 0.3) is 0 Å². The van der Waals surface area contributed by atoms with Gasteiger partial charge in [0.05, 0.1) is 5.60 Å². The third-order valence-corrected chi connectivity index (χ3v) is 4.12. The van der Waals surface area contributed by atoms with Crippen molar-refractivity contribution in [3.63, 3.8) is 0 Å². The second kappa shape index (κ2) is 7.18. The Morgan fingerprint density at radius 2 is 1.95 bits per heavy atom. The smallest absolute Gasteiger partial charge is 0.0818 e. The van der Waals surface area contributed by atoms with Crippen molar-refractivity contribution in [1.82, 2.24) is 4.90 Å². The van der Waals surface area contributed by atoms with Crippen LogP contribution in [0.3, 0.4) is 0 Å². The van der Waals surface area contributed by atoms with E-state index in [9.17, 15) is 5.11 Å². The highest BCUT2D eigenvalue weighted by Gasteiger charge is 2.32. The number of rotatable bonds is 6. The Kier molecular flexibility index (Phi) is 5.54. The molecule has 112 valence electrons. The van der Waals surface area contributed by atoms with E-state index in [4.69, 9.17) is 10.5 Å². The molecular formula is C16H26N2O2. The van der Waals surface area contributed by atoms with Crippen LogP contribution in [-0.2, 0) is 4.74 Å². The first kappa shape index (κ1) is 15.4. The second-order valence-corrected chi connectivity index (χ2v) is 5.76. The molecule has 4 nitrogen and oxygen atoms in total. The van der Waals surface area contributed by atoms with Crippen LogP contribution in [-0.4, -0.2) is 49.0 Å². The molecule has 1 aromatic carbocycles. The quantitative estimate of drug-likeness (QED) is 0.829. The van der Waals surface area contributed by atoms with Gasteiger partial charge in [-0.05, 0) is 25.6 Å². The van der Waals surface area contributed by atoms with Gasteiger partial charge in [0.1, 0.15) is 0 Å². The van der Waals surface area contributed by atoms with Crippen molar-refractivity contribution in [3.05, 3.63) is 35.9 Å². The van der Waals surface area contributed by atoms with Gasteiger partial charge in [-0.1, -0.05) is 30.3 Å². The normalized spacial score (nSPS) is 20.0. The van der Waals surface area contributed by atoms with Gasteiger partial charge in [-0.2, -0.15) is 0 Å². The zero-order chi connectivity index (χ0) is 14.4. The maximum Gasteiger partial charge on any atom is 0.0818 e. The molecule has 0 aliphatic carbocycles. The van der Waals surface area contributed by atoms with E-state index in [0.29, 0.717) is 39.1 Å². The Balaban J connectivity index is 2.05. The van der Waals surface area contributed by atoms with E-state index in [1.807, 2.05) is 6.07 Å². The van der Waals surface area contributed by atoms with Crippen LogP contribution in [0.1, 0.15) is 30.9 Å². The fourth-order valence-electron chi connectivity index (χ4n) is 2.96. The molecule has 1 aliphatic heterocycles. The van der Waals surface area contributed by atoms with E-state index >= 15 is 0 Å². The molecule has 0 spiro atoms. The highest BCUT2D eigenvalue weighted by atomic mass is 16.5. The fraction of sp³-hybridized carbons (Fsp3) is 0.625. The third-order valence-electron chi connectivity index (χ3n) is 4.12. The summed E-state index contributed by atoms with van der Waals surface area (Å²) in [6.07, 6.45) is 2.32. The number of hydrogen-bond acceptors (Lipinski definition) is 4. The maximum atomic E-state index is 10.7. The summed E-state index contributed by atoms with van der Waals surface area (Å²) in [6.45, 7) is 2.61. The molecule has 0 amide bonds. The summed E-state index contributed by atoms with van der Waals surface area (Å²) < 4.78 is 5.34. The topological polar surface area (TPSA) is 58.7 Å². The number of nitrogens with two attached hydrogens (primary N) is 1. The molecule has 0 saturated carbocycles. The average molecular weight is 278 g/mol. The first-order valence-corrected chi connectivity index (χ1v) is 7.40. The Hall–Kier alpha value is -0.940. The molecule has 3 N–H and O–H groups in total. The number of hydrogen-bond donors (Lipinski definition) is 2. The third kappa shape index (κ3) is 4.03. The van der Waals surface area contributed by atoms with E-state index in [1.165, 1.54) is 5.56 Å². The molecule has 1 aliphatic rings. The highest BCUT2D eigenvalue weighted by Crippen LogP contribution is 2.28. The van der Waals surface area contributed by atoms with Crippen LogP contribution in [0.15, 0.2) is 30.3 Å². The zero-order valence-electron chi connectivity index (χ0n) is 12.3. The Labute approximate surface area is 121 Å². The van der Waals surface area contributed by atoms with Crippen LogP contribution in [0.2, 0.25) is 0 Å². The number of ether oxygens (including phenoxy) is 1. The molecule has 2 rings (SSSR count). The van der Waals surface area contributed by atoms with Gasteiger partial charge >= 0.3 is 0 Å². The number of nitrogens with zero attached hydrogens (tertiary/aromatic N) is 1. The molecule has 0 bridgehead atoms.